The van der Waals surface area contributed by atoms with Gasteiger partial charge in [0, 0.05) is 17.2 Å². The number of benzene rings is 2. The SMILES string of the molecule is OC1=C(c2ccc(O)c(O)c2)Oc2cc(O)ccc2C1Cl. The fraction of sp³-hybridized carbons (Fsp3) is 0.0667. The third-order valence-electron chi connectivity index (χ3n) is 3.19. The lowest BCUT2D eigenvalue weighted by Gasteiger charge is -2.24. The Morgan fingerprint density at radius 3 is 2.38 bits per heavy atom. The molecule has 108 valence electrons. The van der Waals surface area contributed by atoms with Crippen LogP contribution in [0.2, 0.25) is 0 Å². The van der Waals surface area contributed by atoms with Gasteiger partial charge in [-0.25, -0.2) is 0 Å². The van der Waals surface area contributed by atoms with Crippen LogP contribution in [-0.2, 0) is 0 Å². The van der Waals surface area contributed by atoms with Crippen molar-refractivity contribution in [1.82, 2.24) is 0 Å². The van der Waals surface area contributed by atoms with Gasteiger partial charge in [-0.3, -0.25) is 0 Å². The second-order valence-corrected chi connectivity index (χ2v) is 5.04. The van der Waals surface area contributed by atoms with Crippen molar-refractivity contribution in [2.45, 2.75) is 5.38 Å². The smallest absolute Gasteiger partial charge is 0.174 e. The average molecular weight is 307 g/mol. The van der Waals surface area contributed by atoms with Crippen molar-refractivity contribution in [2.75, 3.05) is 0 Å². The molecule has 6 heteroatoms. The Morgan fingerprint density at radius 2 is 1.67 bits per heavy atom. The minimum absolute atomic E-state index is 0.00640. The maximum absolute atomic E-state index is 10.2. The Bertz CT molecular complexity index is 754. The van der Waals surface area contributed by atoms with Crippen molar-refractivity contribution < 1.29 is 25.2 Å². The van der Waals surface area contributed by atoms with E-state index in [1.54, 1.807) is 6.07 Å². The summed E-state index contributed by atoms with van der Waals surface area (Å²) in [5.41, 5.74) is 0.876. The zero-order valence-corrected chi connectivity index (χ0v) is 11.4. The molecule has 0 saturated carbocycles. The van der Waals surface area contributed by atoms with Gasteiger partial charge >= 0.3 is 0 Å². The molecular weight excluding hydrogens is 296 g/mol. The number of aliphatic hydroxyl groups excluding tert-OH is 1. The van der Waals surface area contributed by atoms with Gasteiger partial charge < -0.3 is 25.2 Å². The standard InChI is InChI=1S/C15H11ClO5/c16-13-9-3-2-8(17)6-12(9)21-15(14(13)20)7-1-4-10(18)11(19)5-7/h1-6,13,17-20H. The zero-order chi connectivity index (χ0) is 15.1. The number of hydrogen-bond acceptors (Lipinski definition) is 5. The summed E-state index contributed by atoms with van der Waals surface area (Å²) in [5, 5.41) is 37.7. The lowest BCUT2D eigenvalue weighted by Crippen LogP contribution is -2.11. The minimum atomic E-state index is -0.833. The van der Waals surface area contributed by atoms with Gasteiger partial charge in [-0.2, -0.15) is 0 Å². The number of halogens is 1. The second-order valence-electron chi connectivity index (χ2n) is 4.60. The fourth-order valence-corrected chi connectivity index (χ4v) is 2.40. The molecule has 3 rings (SSSR count). The molecule has 2 aromatic carbocycles. The summed E-state index contributed by atoms with van der Waals surface area (Å²) < 4.78 is 5.57. The summed E-state index contributed by atoms with van der Waals surface area (Å²) in [7, 11) is 0. The molecule has 21 heavy (non-hydrogen) atoms. The molecule has 4 N–H and O–H groups in total. The van der Waals surface area contributed by atoms with E-state index >= 15 is 0 Å². The molecule has 1 unspecified atom stereocenters. The summed E-state index contributed by atoms with van der Waals surface area (Å²) in [5.74, 6) is -0.454. The quantitative estimate of drug-likeness (QED) is 0.479. The number of hydrogen-bond donors (Lipinski definition) is 4. The van der Waals surface area contributed by atoms with Crippen LogP contribution in [0.3, 0.4) is 0 Å². The van der Waals surface area contributed by atoms with Crippen LogP contribution in [-0.4, -0.2) is 20.4 Å². The van der Waals surface area contributed by atoms with Gasteiger partial charge in [0.2, 0.25) is 0 Å². The molecule has 0 fully saturated rings. The van der Waals surface area contributed by atoms with Crippen LogP contribution in [0, 0.1) is 0 Å². The summed E-state index contributed by atoms with van der Waals surface area (Å²) in [6.07, 6.45) is 0. The number of aromatic hydroxyl groups is 3. The molecule has 0 saturated heterocycles. The van der Waals surface area contributed by atoms with Crippen molar-refractivity contribution >= 4 is 17.4 Å². The minimum Gasteiger partial charge on any atom is -0.508 e. The first-order chi connectivity index (χ1) is 9.97. The lowest BCUT2D eigenvalue weighted by atomic mass is 10.0. The van der Waals surface area contributed by atoms with Crippen LogP contribution >= 0.6 is 11.6 Å². The van der Waals surface area contributed by atoms with E-state index in [0.717, 1.165) is 0 Å². The van der Waals surface area contributed by atoms with Gasteiger partial charge in [0.15, 0.2) is 23.0 Å². The average Bonchev–Trinajstić information content (AvgIpc) is 2.45. The molecule has 0 radical (unpaired) electrons. The molecule has 0 amide bonds. The number of allylic oxidation sites excluding steroid dienone is 1. The monoisotopic (exact) mass is 306 g/mol. The third kappa shape index (κ3) is 2.21. The number of ether oxygens (including phenoxy) is 1. The lowest BCUT2D eigenvalue weighted by molar-refractivity contribution is 0.352. The molecule has 0 bridgehead atoms. The van der Waals surface area contributed by atoms with Gasteiger partial charge in [-0.15, -0.1) is 11.6 Å². The number of phenols is 3. The van der Waals surface area contributed by atoms with Crippen LogP contribution in [0.15, 0.2) is 42.2 Å². The highest BCUT2D eigenvalue weighted by molar-refractivity contribution is 6.23. The predicted molar refractivity (Wildman–Crippen MR) is 76.6 cm³/mol. The Hall–Kier alpha value is -2.53. The molecule has 1 aliphatic heterocycles. The van der Waals surface area contributed by atoms with E-state index in [1.165, 1.54) is 30.3 Å². The van der Waals surface area contributed by atoms with Crippen LogP contribution in [0.5, 0.6) is 23.0 Å². The molecule has 1 heterocycles. The summed E-state index contributed by atoms with van der Waals surface area (Å²) in [6.45, 7) is 0. The normalized spacial score (nSPS) is 17.3. The number of fused-ring (bicyclic) bond motifs is 1. The van der Waals surface area contributed by atoms with Crippen molar-refractivity contribution in [1.29, 1.82) is 0 Å². The highest BCUT2D eigenvalue weighted by Gasteiger charge is 2.29. The first-order valence-electron chi connectivity index (χ1n) is 6.07. The fourth-order valence-electron chi connectivity index (χ4n) is 2.12. The zero-order valence-electron chi connectivity index (χ0n) is 10.6. The van der Waals surface area contributed by atoms with Crippen molar-refractivity contribution in [2.24, 2.45) is 0 Å². The van der Waals surface area contributed by atoms with Crippen molar-refractivity contribution in [3.63, 3.8) is 0 Å². The van der Waals surface area contributed by atoms with Crippen LogP contribution < -0.4 is 4.74 Å². The first-order valence-corrected chi connectivity index (χ1v) is 6.51. The number of aliphatic hydroxyl groups is 1. The van der Waals surface area contributed by atoms with Gasteiger partial charge in [-0.1, -0.05) is 0 Å². The van der Waals surface area contributed by atoms with Gasteiger partial charge in [-0.05, 0) is 30.3 Å². The summed E-state index contributed by atoms with van der Waals surface area (Å²) in [6, 6.07) is 8.38. The maximum atomic E-state index is 10.2. The summed E-state index contributed by atoms with van der Waals surface area (Å²) in [4.78, 5) is 0. The van der Waals surface area contributed by atoms with E-state index in [0.29, 0.717) is 16.9 Å². The topological polar surface area (TPSA) is 90.2 Å². The molecule has 0 aliphatic carbocycles. The van der Waals surface area contributed by atoms with Crippen molar-refractivity contribution in [3.8, 4) is 23.0 Å². The highest BCUT2D eigenvalue weighted by Crippen LogP contribution is 2.45. The third-order valence-corrected chi connectivity index (χ3v) is 3.63. The largest absolute Gasteiger partial charge is 0.508 e. The van der Waals surface area contributed by atoms with E-state index in [4.69, 9.17) is 16.3 Å². The Balaban J connectivity index is 2.10. The summed E-state index contributed by atoms with van der Waals surface area (Å²) >= 11 is 6.18. The predicted octanol–water partition coefficient (Wildman–Crippen LogP) is 3.40. The highest BCUT2D eigenvalue weighted by atomic mass is 35.5. The number of phenolic OH excluding ortho intramolecular Hbond substituents is 3. The molecule has 1 atom stereocenters. The Morgan fingerprint density at radius 1 is 0.905 bits per heavy atom. The first kappa shape index (κ1) is 13.5. The van der Waals surface area contributed by atoms with E-state index in [2.05, 4.69) is 0 Å². The molecule has 0 aromatic heterocycles. The molecular formula is C15H11ClO5. The molecule has 1 aliphatic rings. The van der Waals surface area contributed by atoms with Crippen LogP contribution in [0.25, 0.3) is 5.76 Å². The van der Waals surface area contributed by atoms with Crippen LogP contribution in [0.1, 0.15) is 16.5 Å². The molecule has 5 nitrogen and oxygen atoms in total. The van der Waals surface area contributed by atoms with E-state index in [1.807, 2.05) is 0 Å². The maximum Gasteiger partial charge on any atom is 0.174 e. The van der Waals surface area contributed by atoms with E-state index in [9.17, 15) is 20.4 Å². The number of alkyl halides is 1. The van der Waals surface area contributed by atoms with Crippen molar-refractivity contribution in [3.05, 3.63) is 53.3 Å². The van der Waals surface area contributed by atoms with E-state index in [-0.39, 0.29) is 28.8 Å². The molecule has 2 aromatic rings. The molecule has 0 spiro atoms. The van der Waals surface area contributed by atoms with Gasteiger partial charge in [0.25, 0.3) is 0 Å². The Kier molecular flexibility index (Phi) is 3.07. The van der Waals surface area contributed by atoms with Gasteiger partial charge in [0.05, 0.1) is 0 Å². The number of rotatable bonds is 1. The van der Waals surface area contributed by atoms with Crippen LogP contribution in [0.4, 0.5) is 0 Å². The van der Waals surface area contributed by atoms with Gasteiger partial charge in [0.1, 0.15) is 16.9 Å². The Labute approximate surface area is 124 Å². The van der Waals surface area contributed by atoms with E-state index < -0.39 is 5.38 Å². The second kappa shape index (κ2) is 4.79.